The van der Waals surface area contributed by atoms with E-state index in [0.29, 0.717) is 24.3 Å². The number of aromatic nitrogens is 1. The van der Waals surface area contributed by atoms with Gasteiger partial charge in [-0.1, -0.05) is 12.8 Å². The van der Waals surface area contributed by atoms with E-state index in [1.165, 1.54) is 31.1 Å². The zero-order valence-corrected chi connectivity index (χ0v) is 17.9. The van der Waals surface area contributed by atoms with Crippen molar-refractivity contribution in [1.82, 2.24) is 15.2 Å². The minimum absolute atomic E-state index is 0.0597. The summed E-state index contributed by atoms with van der Waals surface area (Å²) in [6.07, 6.45) is 4.74. The number of likely N-dealkylation sites (tertiary alicyclic amines) is 1. The van der Waals surface area contributed by atoms with Crippen molar-refractivity contribution in [3.05, 3.63) is 22.4 Å². The van der Waals surface area contributed by atoms with Crippen molar-refractivity contribution >= 4 is 45.5 Å². The van der Waals surface area contributed by atoms with Gasteiger partial charge in [0.1, 0.15) is 0 Å². The standard InChI is InChI=1S/C20H24N4O3S2/c1-12(25)21-9-15-6-7-17(29-15)16-11-28-20(22-16)23-19(27)13-8-18(26)24(10-13)14-4-2-3-5-14/h6-7,11,13-14H,2-5,8-10H2,1H3,(H,21,25)(H,22,23,27)/t13-/m0/s1. The predicted molar refractivity (Wildman–Crippen MR) is 114 cm³/mol. The largest absolute Gasteiger partial charge is 0.351 e. The number of rotatable bonds is 6. The maximum atomic E-state index is 12.7. The van der Waals surface area contributed by atoms with E-state index in [9.17, 15) is 14.4 Å². The van der Waals surface area contributed by atoms with Gasteiger partial charge in [0, 0.05) is 36.2 Å². The molecule has 2 aromatic heterocycles. The number of thiazole rings is 1. The second-order valence-corrected chi connectivity index (χ2v) is 9.61. The lowest BCUT2D eigenvalue weighted by molar-refractivity contribution is -0.130. The molecule has 4 rings (SSSR count). The maximum Gasteiger partial charge on any atom is 0.231 e. The van der Waals surface area contributed by atoms with E-state index in [1.807, 2.05) is 22.4 Å². The number of nitrogens with one attached hydrogen (secondary N) is 2. The van der Waals surface area contributed by atoms with Crippen LogP contribution < -0.4 is 10.6 Å². The Hall–Kier alpha value is -2.26. The lowest BCUT2D eigenvalue weighted by atomic mass is 10.1. The summed E-state index contributed by atoms with van der Waals surface area (Å²) in [5, 5.41) is 8.13. The van der Waals surface area contributed by atoms with E-state index in [1.54, 1.807) is 11.3 Å². The van der Waals surface area contributed by atoms with Gasteiger partial charge in [-0.2, -0.15) is 0 Å². The van der Waals surface area contributed by atoms with Gasteiger partial charge in [0.15, 0.2) is 5.13 Å². The molecule has 29 heavy (non-hydrogen) atoms. The Bertz CT molecular complexity index is 916. The summed E-state index contributed by atoms with van der Waals surface area (Å²) in [5.74, 6) is -0.392. The van der Waals surface area contributed by atoms with Crippen molar-refractivity contribution in [3.63, 3.8) is 0 Å². The second-order valence-electron chi connectivity index (χ2n) is 7.59. The minimum atomic E-state index is -0.304. The summed E-state index contributed by atoms with van der Waals surface area (Å²) in [5.41, 5.74) is 0.805. The van der Waals surface area contributed by atoms with Gasteiger partial charge in [0.2, 0.25) is 17.7 Å². The zero-order chi connectivity index (χ0) is 20.4. The molecule has 3 heterocycles. The molecule has 154 valence electrons. The van der Waals surface area contributed by atoms with Crippen LogP contribution in [-0.4, -0.2) is 40.2 Å². The number of amides is 3. The number of carbonyl (C=O) groups is 3. The molecule has 2 fully saturated rings. The van der Waals surface area contributed by atoms with Gasteiger partial charge in [-0.25, -0.2) is 4.98 Å². The van der Waals surface area contributed by atoms with Crippen LogP contribution in [0, 0.1) is 5.92 Å². The SMILES string of the molecule is CC(=O)NCc1ccc(-c2csc(NC(=O)[C@H]3CC(=O)N(C4CCCC4)C3)n2)s1. The zero-order valence-electron chi connectivity index (χ0n) is 16.3. The van der Waals surface area contributed by atoms with Crippen molar-refractivity contribution in [1.29, 1.82) is 0 Å². The van der Waals surface area contributed by atoms with Crippen molar-refractivity contribution in [2.24, 2.45) is 5.92 Å². The fraction of sp³-hybridized carbons (Fsp3) is 0.500. The van der Waals surface area contributed by atoms with Crippen LogP contribution in [-0.2, 0) is 20.9 Å². The molecule has 1 atom stereocenters. The molecule has 0 unspecified atom stereocenters. The number of nitrogens with zero attached hydrogens (tertiary/aromatic N) is 2. The van der Waals surface area contributed by atoms with Crippen LogP contribution in [0.25, 0.3) is 10.6 Å². The van der Waals surface area contributed by atoms with Gasteiger partial charge in [-0.15, -0.1) is 22.7 Å². The van der Waals surface area contributed by atoms with E-state index in [2.05, 4.69) is 15.6 Å². The molecule has 0 radical (unpaired) electrons. The molecule has 7 nitrogen and oxygen atoms in total. The smallest absolute Gasteiger partial charge is 0.231 e. The molecule has 2 aromatic rings. The van der Waals surface area contributed by atoms with Gasteiger partial charge in [0.25, 0.3) is 0 Å². The Kier molecular flexibility index (Phi) is 5.96. The highest BCUT2D eigenvalue weighted by Crippen LogP contribution is 2.32. The molecule has 3 amide bonds. The van der Waals surface area contributed by atoms with Crippen LogP contribution in [0.5, 0.6) is 0 Å². The van der Waals surface area contributed by atoms with E-state index in [-0.39, 0.29) is 30.1 Å². The van der Waals surface area contributed by atoms with E-state index in [4.69, 9.17) is 0 Å². The molecule has 0 spiro atoms. The fourth-order valence-electron chi connectivity index (χ4n) is 3.95. The fourth-order valence-corrected chi connectivity index (χ4v) is 5.65. The van der Waals surface area contributed by atoms with Gasteiger partial charge < -0.3 is 15.5 Å². The predicted octanol–water partition coefficient (Wildman–Crippen LogP) is 3.24. The van der Waals surface area contributed by atoms with Crippen LogP contribution in [0.3, 0.4) is 0 Å². The minimum Gasteiger partial charge on any atom is -0.351 e. The first kappa shape index (κ1) is 20.0. The third-order valence-corrected chi connectivity index (χ3v) is 7.32. The highest BCUT2D eigenvalue weighted by molar-refractivity contribution is 7.17. The number of thiophene rings is 1. The van der Waals surface area contributed by atoms with Crippen molar-refractivity contribution in [2.75, 3.05) is 11.9 Å². The molecule has 1 saturated carbocycles. The summed E-state index contributed by atoms with van der Waals surface area (Å²) in [6.45, 7) is 2.51. The van der Waals surface area contributed by atoms with Gasteiger partial charge in [0.05, 0.1) is 23.0 Å². The average molecular weight is 433 g/mol. The second kappa shape index (κ2) is 8.62. The van der Waals surface area contributed by atoms with Gasteiger partial charge in [-0.05, 0) is 25.0 Å². The van der Waals surface area contributed by atoms with Gasteiger partial charge >= 0.3 is 0 Å². The van der Waals surface area contributed by atoms with Crippen LogP contribution in [0.4, 0.5) is 5.13 Å². The molecule has 1 aliphatic heterocycles. The number of hydrogen-bond donors (Lipinski definition) is 2. The first-order chi connectivity index (χ1) is 14.0. The molecule has 0 bridgehead atoms. The van der Waals surface area contributed by atoms with Crippen LogP contribution >= 0.6 is 22.7 Å². The van der Waals surface area contributed by atoms with Gasteiger partial charge in [-0.3, -0.25) is 14.4 Å². The normalized spacial score (nSPS) is 19.7. The third-order valence-electron chi connectivity index (χ3n) is 5.45. The Morgan fingerprint density at radius 3 is 2.83 bits per heavy atom. The lowest BCUT2D eigenvalue weighted by Gasteiger charge is -2.23. The average Bonchev–Trinajstić information content (AvgIpc) is 3.46. The van der Waals surface area contributed by atoms with Crippen LogP contribution in [0.1, 0.15) is 43.9 Å². The first-order valence-corrected chi connectivity index (χ1v) is 11.6. The molecule has 9 heteroatoms. The molecular formula is C20H24N4O3S2. The number of carbonyl (C=O) groups excluding carboxylic acids is 3. The molecule has 2 N–H and O–H groups in total. The van der Waals surface area contributed by atoms with Crippen molar-refractivity contribution < 1.29 is 14.4 Å². The topological polar surface area (TPSA) is 91.4 Å². The Balaban J connectivity index is 1.35. The maximum absolute atomic E-state index is 12.7. The summed E-state index contributed by atoms with van der Waals surface area (Å²) in [6, 6.07) is 4.25. The molecule has 1 aliphatic carbocycles. The van der Waals surface area contributed by atoms with Crippen LogP contribution in [0.2, 0.25) is 0 Å². The molecular weight excluding hydrogens is 408 g/mol. The number of hydrogen-bond acceptors (Lipinski definition) is 6. The first-order valence-electron chi connectivity index (χ1n) is 9.89. The molecule has 1 saturated heterocycles. The van der Waals surface area contributed by atoms with E-state index < -0.39 is 0 Å². The van der Waals surface area contributed by atoms with Crippen molar-refractivity contribution in [2.45, 2.75) is 51.6 Å². The Morgan fingerprint density at radius 2 is 2.07 bits per heavy atom. The highest BCUT2D eigenvalue weighted by atomic mass is 32.1. The highest BCUT2D eigenvalue weighted by Gasteiger charge is 2.38. The Labute approximate surface area is 177 Å². The number of anilines is 1. The summed E-state index contributed by atoms with van der Waals surface area (Å²) in [7, 11) is 0. The quantitative estimate of drug-likeness (QED) is 0.733. The lowest BCUT2D eigenvalue weighted by Crippen LogP contribution is -2.35. The van der Waals surface area contributed by atoms with Crippen LogP contribution in [0.15, 0.2) is 17.5 Å². The summed E-state index contributed by atoms with van der Waals surface area (Å²) < 4.78 is 0. The monoisotopic (exact) mass is 432 g/mol. The summed E-state index contributed by atoms with van der Waals surface area (Å²) >= 11 is 2.95. The van der Waals surface area contributed by atoms with Crippen molar-refractivity contribution in [3.8, 4) is 10.6 Å². The summed E-state index contributed by atoms with van der Waals surface area (Å²) in [4.78, 5) is 44.5. The third kappa shape index (κ3) is 4.67. The molecule has 2 aliphatic rings. The van der Waals surface area contributed by atoms with E-state index >= 15 is 0 Å². The van der Waals surface area contributed by atoms with E-state index in [0.717, 1.165) is 28.3 Å². The molecule has 0 aromatic carbocycles. The Morgan fingerprint density at radius 1 is 1.28 bits per heavy atom.